The van der Waals surface area contributed by atoms with Gasteiger partial charge in [-0.2, -0.15) is 0 Å². The van der Waals surface area contributed by atoms with Gasteiger partial charge in [0.15, 0.2) is 0 Å². The largest absolute Gasteiger partial charge is 0.355 e. The molecule has 0 aliphatic rings. The van der Waals surface area contributed by atoms with Gasteiger partial charge in [0.2, 0.25) is 5.91 Å². The molecule has 0 bridgehead atoms. The highest BCUT2D eigenvalue weighted by Crippen LogP contribution is 2.10. The molecule has 7 heteroatoms. The predicted octanol–water partition coefficient (Wildman–Crippen LogP) is 0.707. The van der Waals surface area contributed by atoms with Crippen molar-refractivity contribution in [2.45, 2.75) is 6.42 Å². The zero-order valence-electron chi connectivity index (χ0n) is 10.2. The van der Waals surface area contributed by atoms with Crippen LogP contribution in [0.4, 0.5) is 0 Å². The summed E-state index contributed by atoms with van der Waals surface area (Å²) in [5, 5.41) is 4.54. The molecule has 3 N–H and O–H groups in total. The van der Waals surface area contributed by atoms with E-state index in [1.165, 1.54) is 16.2 Å². The second-order valence-corrected chi connectivity index (χ2v) is 4.58. The lowest BCUT2D eigenvalue weighted by Gasteiger charge is -2.15. The van der Waals surface area contributed by atoms with Crippen LogP contribution in [0.25, 0.3) is 0 Å². The fourth-order valence-corrected chi connectivity index (χ4v) is 1.98. The molecule has 0 fully saturated rings. The quantitative estimate of drug-likeness (QED) is 0.758. The van der Waals surface area contributed by atoms with Crippen LogP contribution in [0.1, 0.15) is 16.1 Å². The number of thiophene rings is 1. The van der Waals surface area contributed by atoms with Gasteiger partial charge in [0.25, 0.3) is 5.91 Å². The molecule has 0 aromatic carbocycles. The molecule has 0 aliphatic carbocycles. The molecule has 0 aliphatic heterocycles. The minimum Gasteiger partial charge on any atom is -0.355 e. The van der Waals surface area contributed by atoms with E-state index >= 15 is 0 Å². The highest BCUT2D eigenvalue weighted by Gasteiger charge is 2.15. The molecule has 1 heterocycles. The van der Waals surface area contributed by atoms with E-state index in [0.29, 0.717) is 18.0 Å². The topological polar surface area (TPSA) is 75.4 Å². The Bertz CT molecular complexity index is 370. The molecule has 1 rings (SSSR count). The number of nitrogens with two attached hydrogens (primary N) is 1. The summed E-state index contributed by atoms with van der Waals surface area (Å²) >= 11 is 1.37. The van der Waals surface area contributed by atoms with E-state index in [2.05, 4.69) is 5.32 Å². The van der Waals surface area contributed by atoms with Crippen molar-refractivity contribution in [1.29, 1.82) is 0 Å². The van der Waals surface area contributed by atoms with Gasteiger partial charge in [0.05, 0.1) is 11.4 Å². The van der Waals surface area contributed by atoms with Gasteiger partial charge in [-0.1, -0.05) is 6.07 Å². The first-order chi connectivity index (χ1) is 8.15. The van der Waals surface area contributed by atoms with Crippen LogP contribution in [-0.4, -0.2) is 43.4 Å². The number of amides is 2. The Kier molecular flexibility index (Phi) is 8.36. The van der Waals surface area contributed by atoms with E-state index in [0.717, 1.165) is 6.42 Å². The summed E-state index contributed by atoms with van der Waals surface area (Å²) in [7, 11) is 1.62. The smallest absolute Gasteiger partial charge is 0.264 e. The van der Waals surface area contributed by atoms with Crippen molar-refractivity contribution in [3.05, 3.63) is 22.4 Å². The molecule has 0 saturated carbocycles. The lowest BCUT2D eigenvalue weighted by atomic mass is 10.4. The van der Waals surface area contributed by atoms with Crippen molar-refractivity contribution >= 4 is 35.6 Å². The fourth-order valence-electron chi connectivity index (χ4n) is 1.26. The summed E-state index contributed by atoms with van der Waals surface area (Å²) in [6.45, 7) is 1.17. The van der Waals surface area contributed by atoms with Crippen LogP contribution in [-0.2, 0) is 4.79 Å². The highest BCUT2D eigenvalue weighted by atomic mass is 35.5. The van der Waals surface area contributed by atoms with Gasteiger partial charge in [-0.15, -0.1) is 23.7 Å². The molecule has 18 heavy (non-hydrogen) atoms. The number of nitrogens with one attached hydrogen (secondary N) is 1. The molecule has 0 spiro atoms. The van der Waals surface area contributed by atoms with E-state index in [1.54, 1.807) is 13.1 Å². The molecule has 0 saturated heterocycles. The number of hydrogen-bond acceptors (Lipinski definition) is 4. The predicted molar refractivity (Wildman–Crippen MR) is 75.2 cm³/mol. The second kappa shape index (κ2) is 8.91. The Morgan fingerprint density at radius 1 is 1.50 bits per heavy atom. The summed E-state index contributed by atoms with van der Waals surface area (Å²) in [4.78, 5) is 25.3. The Balaban J connectivity index is 0.00000289. The molecular weight excluding hydrogens is 274 g/mol. The van der Waals surface area contributed by atoms with E-state index in [4.69, 9.17) is 5.73 Å². The van der Waals surface area contributed by atoms with Gasteiger partial charge in [-0.25, -0.2) is 0 Å². The van der Waals surface area contributed by atoms with Crippen molar-refractivity contribution in [3.8, 4) is 0 Å². The SMILES string of the molecule is CN(CC(=O)NCCCN)C(=O)c1cccs1.Cl. The molecule has 2 amide bonds. The molecule has 0 unspecified atom stereocenters. The lowest BCUT2D eigenvalue weighted by molar-refractivity contribution is -0.121. The molecule has 1 aromatic rings. The first-order valence-electron chi connectivity index (χ1n) is 5.41. The number of hydrogen-bond donors (Lipinski definition) is 2. The maximum Gasteiger partial charge on any atom is 0.264 e. The zero-order chi connectivity index (χ0) is 12.7. The van der Waals surface area contributed by atoms with Crippen LogP contribution >= 0.6 is 23.7 Å². The standard InChI is InChI=1S/C11H17N3O2S.ClH/c1-14(8-10(15)13-6-3-5-12)11(16)9-4-2-7-17-9;/h2,4,7H,3,5-6,8,12H2,1H3,(H,13,15);1H. The van der Waals surface area contributed by atoms with Crippen molar-refractivity contribution in [2.75, 3.05) is 26.7 Å². The number of carbonyl (C=O) groups is 2. The normalized spacial score (nSPS) is 9.44. The van der Waals surface area contributed by atoms with Crippen molar-refractivity contribution in [3.63, 3.8) is 0 Å². The van der Waals surface area contributed by atoms with Gasteiger partial charge in [0, 0.05) is 13.6 Å². The fraction of sp³-hybridized carbons (Fsp3) is 0.455. The summed E-state index contributed by atoms with van der Waals surface area (Å²) < 4.78 is 0. The molecule has 1 aromatic heterocycles. The summed E-state index contributed by atoms with van der Waals surface area (Å²) in [5.41, 5.74) is 5.31. The Labute approximate surface area is 117 Å². The monoisotopic (exact) mass is 291 g/mol. The number of likely N-dealkylation sites (N-methyl/N-ethyl adjacent to an activating group) is 1. The lowest BCUT2D eigenvalue weighted by Crippen LogP contribution is -2.38. The third-order valence-electron chi connectivity index (χ3n) is 2.16. The van der Waals surface area contributed by atoms with E-state index < -0.39 is 0 Å². The van der Waals surface area contributed by atoms with Gasteiger partial charge < -0.3 is 16.0 Å². The van der Waals surface area contributed by atoms with E-state index in [1.807, 2.05) is 11.4 Å². The average Bonchev–Trinajstić information content (AvgIpc) is 2.81. The number of carbonyl (C=O) groups excluding carboxylic acids is 2. The van der Waals surface area contributed by atoms with Crippen LogP contribution in [0.3, 0.4) is 0 Å². The summed E-state index contributed by atoms with van der Waals surface area (Å²) in [5.74, 6) is -0.292. The first kappa shape index (κ1) is 16.9. The maximum absolute atomic E-state index is 11.8. The van der Waals surface area contributed by atoms with Crippen molar-refractivity contribution < 1.29 is 9.59 Å². The summed E-state index contributed by atoms with van der Waals surface area (Å²) in [6.07, 6.45) is 0.744. The Morgan fingerprint density at radius 3 is 2.78 bits per heavy atom. The zero-order valence-corrected chi connectivity index (χ0v) is 11.9. The number of nitrogens with zero attached hydrogens (tertiary/aromatic N) is 1. The molecular formula is C11H18ClN3O2S. The van der Waals surface area contributed by atoms with Gasteiger partial charge in [-0.05, 0) is 24.4 Å². The van der Waals surface area contributed by atoms with E-state index in [-0.39, 0.29) is 30.8 Å². The first-order valence-corrected chi connectivity index (χ1v) is 6.29. The van der Waals surface area contributed by atoms with Crippen LogP contribution in [0.2, 0.25) is 0 Å². The molecule has 102 valence electrons. The Morgan fingerprint density at radius 2 is 2.22 bits per heavy atom. The van der Waals surface area contributed by atoms with Crippen LogP contribution in [0.5, 0.6) is 0 Å². The summed E-state index contributed by atoms with van der Waals surface area (Å²) in [6, 6.07) is 3.56. The van der Waals surface area contributed by atoms with Gasteiger partial charge >= 0.3 is 0 Å². The number of rotatable bonds is 6. The second-order valence-electron chi connectivity index (χ2n) is 3.63. The highest BCUT2D eigenvalue weighted by molar-refractivity contribution is 7.12. The van der Waals surface area contributed by atoms with Gasteiger partial charge in [-0.3, -0.25) is 9.59 Å². The molecule has 0 atom stereocenters. The van der Waals surface area contributed by atoms with Crippen molar-refractivity contribution in [1.82, 2.24) is 10.2 Å². The van der Waals surface area contributed by atoms with Gasteiger partial charge in [0.1, 0.15) is 0 Å². The maximum atomic E-state index is 11.8. The third kappa shape index (κ3) is 5.48. The Hall–Kier alpha value is -1.11. The molecule has 5 nitrogen and oxygen atoms in total. The van der Waals surface area contributed by atoms with Crippen LogP contribution in [0, 0.1) is 0 Å². The van der Waals surface area contributed by atoms with Crippen LogP contribution < -0.4 is 11.1 Å². The van der Waals surface area contributed by atoms with Crippen LogP contribution in [0.15, 0.2) is 17.5 Å². The number of halogens is 1. The third-order valence-corrected chi connectivity index (χ3v) is 3.02. The average molecular weight is 292 g/mol. The van der Waals surface area contributed by atoms with E-state index in [9.17, 15) is 9.59 Å². The minimum absolute atomic E-state index is 0. The molecule has 0 radical (unpaired) electrons. The van der Waals surface area contributed by atoms with Crippen molar-refractivity contribution in [2.24, 2.45) is 5.73 Å². The minimum atomic E-state index is -0.161.